The van der Waals surface area contributed by atoms with Crippen molar-refractivity contribution in [2.75, 3.05) is 0 Å². The van der Waals surface area contributed by atoms with Crippen molar-refractivity contribution in [3.8, 4) is 50.6 Å². The van der Waals surface area contributed by atoms with Gasteiger partial charge in [0.15, 0.2) is 5.82 Å². The number of rotatable bonds is 3. The van der Waals surface area contributed by atoms with Crippen LogP contribution < -0.4 is 0 Å². The van der Waals surface area contributed by atoms with Crippen LogP contribution in [0.25, 0.3) is 125 Å². The average molecular weight is 728 g/mol. The standard InChI is InChI=1S/C52H29N3S/c1-2-12-32-25-35(24-23-30(32)11-1)49-51-50(39-18-6-8-22-46(39)56-51)54-52(53-49)43-29-36(28-42-38-19-9-15-31-16-10-20-40(47(31)38)48(42)43)55-44-21-7-5-17-37(44)41-26-33-13-3-4-14-34(33)27-45(41)55/h1-29H. The molecule has 0 bridgehead atoms. The van der Waals surface area contributed by atoms with Gasteiger partial charge in [-0.25, -0.2) is 9.97 Å². The van der Waals surface area contributed by atoms with Gasteiger partial charge in [0.25, 0.3) is 0 Å². The van der Waals surface area contributed by atoms with Crippen LogP contribution in [0.5, 0.6) is 0 Å². The molecule has 0 amide bonds. The molecule has 0 spiro atoms. The number of thiophene rings is 1. The molecule has 3 heterocycles. The number of hydrogen-bond acceptors (Lipinski definition) is 3. The first-order chi connectivity index (χ1) is 27.7. The van der Waals surface area contributed by atoms with Crippen LogP contribution in [0.4, 0.5) is 0 Å². The number of fused-ring (bicyclic) bond motifs is 11. The van der Waals surface area contributed by atoms with Crippen molar-refractivity contribution >= 4 is 85.8 Å². The van der Waals surface area contributed by atoms with Gasteiger partial charge in [-0.1, -0.05) is 133 Å². The highest BCUT2D eigenvalue weighted by molar-refractivity contribution is 7.26. The van der Waals surface area contributed by atoms with Gasteiger partial charge in [0.05, 0.1) is 26.9 Å². The molecule has 0 fully saturated rings. The van der Waals surface area contributed by atoms with Gasteiger partial charge in [-0.3, -0.25) is 0 Å². The Morgan fingerprint density at radius 1 is 0.429 bits per heavy atom. The molecule has 9 aromatic carbocycles. The summed E-state index contributed by atoms with van der Waals surface area (Å²) in [5, 5.41) is 11.0. The summed E-state index contributed by atoms with van der Waals surface area (Å²) in [5.74, 6) is 0.735. The predicted molar refractivity (Wildman–Crippen MR) is 237 cm³/mol. The van der Waals surface area contributed by atoms with Crippen molar-refractivity contribution in [1.29, 1.82) is 0 Å². The number of hydrogen-bond donors (Lipinski definition) is 0. The second kappa shape index (κ2) is 11.2. The molecule has 1 aliphatic carbocycles. The van der Waals surface area contributed by atoms with E-state index in [1.807, 2.05) is 0 Å². The lowest BCUT2D eigenvalue weighted by Gasteiger charge is -2.16. The fourth-order valence-corrected chi connectivity index (χ4v) is 10.5. The SMILES string of the molecule is c1ccc2cc(-c3nc(-c4cc(-n5c6ccccc6c6cc7ccccc7cc65)cc5c4-c4cccc6cccc-5c46)nc4c3sc3ccccc34)ccc2c1. The van der Waals surface area contributed by atoms with Crippen molar-refractivity contribution in [2.45, 2.75) is 0 Å². The van der Waals surface area contributed by atoms with Gasteiger partial charge in [0, 0.05) is 43.2 Å². The van der Waals surface area contributed by atoms with E-state index in [-0.39, 0.29) is 0 Å². The van der Waals surface area contributed by atoms with Crippen LogP contribution in [0.15, 0.2) is 176 Å². The monoisotopic (exact) mass is 727 g/mol. The molecule has 1 aliphatic rings. The lowest BCUT2D eigenvalue weighted by molar-refractivity contribution is 1.17. The number of para-hydroxylation sites is 1. The molecule has 4 heteroatoms. The van der Waals surface area contributed by atoms with Crippen LogP contribution in [-0.2, 0) is 0 Å². The lowest BCUT2D eigenvalue weighted by atomic mass is 9.96. The third-order valence-corrected chi connectivity index (χ3v) is 13.0. The second-order valence-corrected chi connectivity index (χ2v) is 16.0. The van der Waals surface area contributed by atoms with Gasteiger partial charge in [0.2, 0.25) is 0 Å². The van der Waals surface area contributed by atoms with Crippen LogP contribution in [0, 0.1) is 0 Å². The molecule has 0 saturated carbocycles. The Morgan fingerprint density at radius 3 is 1.96 bits per heavy atom. The second-order valence-electron chi connectivity index (χ2n) is 14.9. The maximum absolute atomic E-state index is 5.63. The summed E-state index contributed by atoms with van der Waals surface area (Å²) in [7, 11) is 0. The molecule has 3 aromatic heterocycles. The van der Waals surface area contributed by atoms with Crippen LogP contribution in [0.1, 0.15) is 0 Å². The van der Waals surface area contributed by atoms with Crippen molar-refractivity contribution in [3.05, 3.63) is 176 Å². The molecule has 0 radical (unpaired) electrons. The number of aromatic nitrogens is 3. The molecular weight excluding hydrogens is 699 g/mol. The molecular formula is C52H29N3S. The van der Waals surface area contributed by atoms with Crippen molar-refractivity contribution in [3.63, 3.8) is 0 Å². The first-order valence-corrected chi connectivity index (χ1v) is 19.9. The molecule has 0 aliphatic heterocycles. The minimum Gasteiger partial charge on any atom is -0.309 e. The van der Waals surface area contributed by atoms with Crippen LogP contribution in [0.2, 0.25) is 0 Å². The quantitative estimate of drug-likeness (QED) is 0.181. The summed E-state index contributed by atoms with van der Waals surface area (Å²) in [4.78, 5) is 11.2. The highest BCUT2D eigenvalue weighted by Gasteiger charge is 2.28. The Bertz CT molecular complexity index is 3660. The van der Waals surface area contributed by atoms with Gasteiger partial charge in [-0.05, 0) is 91.5 Å². The third kappa shape index (κ3) is 4.16. The van der Waals surface area contributed by atoms with Gasteiger partial charge in [-0.2, -0.15) is 0 Å². The number of nitrogens with zero attached hydrogens (tertiary/aromatic N) is 3. The summed E-state index contributed by atoms with van der Waals surface area (Å²) in [5.41, 5.74) is 12.4. The predicted octanol–water partition coefficient (Wildman–Crippen LogP) is 14.4. The maximum atomic E-state index is 5.63. The fourth-order valence-electron chi connectivity index (χ4n) is 9.39. The molecule has 258 valence electrons. The van der Waals surface area contributed by atoms with E-state index in [2.05, 4.69) is 180 Å². The van der Waals surface area contributed by atoms with Crippen molar-refractivity contribution < 1.29 is 0 Å². The molecule has 13 rings (SSSR count). The normalized spacial score (nSPS) is 12.3. The van der Waals surface area contributed by atoms with E-state index in [0.29, 0.717) is 0 Å². The van der Waals surface area contributed by atoms with E-state index >= 15 is 0 Å². The van der Waals surface area contributed by atoms with Crippen molar-refractivity contribution in [1.82, 2.24) is 14.5 Å². The Kier molecular flexibility index (Phi) is 6.04. The average Bonchev–Trinajstić information content (AvgIpc) is 3.90. The first-order valence-electron chi connectivity index (χ1n) is 19.1. The van der Waals surface area contributed by atoms with Crippen LogP contribution in [-0.4, -0.2) is 14.5 Å². The van der Waals surface area contributed by atoms with Gasteiger partial charge in [0.1, 0.15) is 0 Å². The zero-order valence-electron chi connectivity index (χ0n) is 30.0. The Hall–Kier alpha value is -7.14. The molecule has 3 nitrogen and oxygen atoms in total. The molecule has 0 N–H and O–H groups in total. The van der Waals surface area contributed by atoms with E-state index in [9.17, 15) is 0 Å². The number of benzene rings is 9. The zero-order valence-corrected chi connectivity index (χ0v) is 30.8. The highest BCUT2D eigenvalue weighted by atomic mass is 32.1. The summed E-state index contributed by atoms with van der Waals surface area (Å²) >= 11 is 1.78. The Balaban J connectivity index is 1.17. The van der Waals surface area contributed by atoms with Crippen LogP contribution >= 0.6 is 11.3 Å². The molecule has 0 unspecified atom stereocenters. The maximum Gasteiger partial charge on any atom is 0.161 e. The largest absolute Gasteiger partial charge is 0.309 e. The van der Waals surface area contributed by atoms with Gasteiger partial charge < -0.3 is 4.57 Å². The Morgan fingerprint density at radius 2 is 1.11 bits per heavy atom. The van der Waals surface area contributed by atoms with E-state index in [1.165, 1.54) is 81.1 Å². The molecule has 56 heavy (non-hydrogen) atoms. The summed E-state index contributed by atoms with van der Waals surface area (Å²) in [6.45, 7) is 0. The third-order valence-electron chi connectivity index (χ3n) is 11.9. The van der Waals surface area contributed by atoms with Crippen LogP contribution in [0.3, 0.4) is 0 Å². The minimum atomic E-state index is 0.735. The fraction of sp³-hybridized carbons (Fsp3) is 0. The van der Waals surface area contributed by atoms with E-state index < -0.39 is 0 Å². The lowest BCUT2D eigenvalue weighted by Crippen LogP contribution is -2.00. The first kappa shape index (κ1) is 30.2. The molecule has 0 atom stereocenters. The highest BCUT2D eigenvalue weighted by Crippen LogP contribution is 2.53. The molecule has 0 saturated heterocycles. The smallest absolute Gasteiger partial charge is 0.161 e. The van der Waals surface area contributed by atoms with E-state index in [4.69, 9.17) is 9.97 Å². The van der Waals surface area contributed by atoms with E-state index in [0.717, 1.165) is 43.9 Å². The minimum absolute atomic E-state index is 0.735. The van der Waals surface area contributed by atoms with Gasteiger partial charge in [-0.15, -0.1) is 11.3 Å². The van der Waals surface area contributed by atoms with E-state index in [1.54, 1.807) is 11.3 Å². The summed E-state index contributed by atoms with van der Waals surface area (Å²) < 4.78 is 4.77. The van der Waals surface area contributed by atoms with Gasteiger partial charge >= 0.3 is 0 Å². The molecule has 12 aromatic rings. The van der Waals surface area contributed by atoms with Crippen molar-refractivity contribution in [2.24, 2.45) is 0 Å². The topological polar surface area (TPSA) is 30.7 Å². The Labute approximate surface area is 325 Å². The summed E-state index contributed by atoms with van der Waals surface area (Å²) in [6.07, 6.45) is 0. The zero-order chi connectivity index (χ0) is 36.5. The summed E-state index contributed by atoms with van der Waals surface area (Å²) in [6, 6.07) is 64.2.